The molecule has 1 amide bonds. The van der Waals surface area contributed by atoms with E-state index in [-0.39, 0.29) is 5.92 Å². The molecule has 0 radical (unpaired) electrons. The standard InChI is InChI=1S/C14H15NO2/c1-8(9(2)14(15)16)13-10(3)11-6-4-5-7-12(11)17-13/h4-8H,2H2,1,3H3,(H2,15,16). The molecule has 1 aromatic heterocycles. The van der Waals surface area contributed by atoms with Crippen LogP contribution in [0.3, 0.4) is 0 Å². The molecule has 0 bridgehead atoms. The molecule has 0 fully saturated rings. The lowest BCUT2D eigenvalue weighted by molar-refractivity contribution is -0.114. The number of nitrogens with two attached hydrogens (primary N) is 1. The number of carbonyl (C=O) groups is 1. The van der Waals surface area contributed by atoms with Crippen molar-refractivity contribution in [3.63, 3.8) is 0 Å². The van der Waals surface area contributed by atoms with Gasteiger partial charge in [-0.25, -0.2) is 0 Å². The van der Waals surface area contributed by atoms with Crippen molar-refractivity contribution in [2.24, 2.45) is 5.73 Å². The molecule has 0 saturated carbocycles. The van der Waals surface area contributed by atoms with Gasteiger partial charge in [-0.1, -0.05) is 31.7 Å². The molecule has 0 aliphatic heterocycles. The number of amides is 1. The molecule has 3 nitrogen and oxygen atoms in total. The fraction of sp³-hybridized carbons (Fsp3) is 0.214. The fourth-order valence-electron chi connectivity index (χ4n) is 1.98. The number of hydrogen-bond acceptors (Lipinski definition) is 2. The Morgan fingerprint density at radius 3 is 2.65 bits per heavy atom. The van der Waals surface area contributed by atoms with Gasteiger partial charge in [0.25, 0.3) is 0 Å². The summed E-state index contributed by atoms with van der Waals surface area (Å²) in [6.07, 6.45) is 0. The van der Waals surface area contributed by atoms with Crippen LogP contribution in [-0.2, 0) is 4.79 Å². The minimum Gasteiger partial charge on any atom is -0.460 e. The Hall–Kier alpha value is -2.03. The Balaban J connectivity index is 2.52. The molecule has 1 heterocycles. The van der Waals surface area contributed by atoms with E-state index in [4.69, 9.17) is 10.2 Å². The molecule has 3 heteroatoms. The maximum atomic E-state index is 11.1. The summed E-state index contributed by atoms with van der Waals surface area (Å²) in [5.41, 5.74) is 7.47. The van der Waals surface area contributed by atoms with Gasteiger partial charge in [0.2, 0.25) is 5.91 Å². The summed E-state index contributed by atoms with van der Waals surface area (Å²) < 4.78 is 5.76. The van der Waals surface area contributed by atoms with Crippen molar-refractivity contribution in [2.75, 3.05) is 0 Å². The Bertz CT molecular complexity index is 595. The van der Waals surface area contributed by atoms with Crippen LogP contribution >= 0.6 is 0 Å². The quantitative estimate of drug-likeness (QED) is 0.823. The van der Waals surface area contributed by atoms with E-state index in [0.29, 0.717) is 5.57 Å². The molecule has 1 aromatic carbocycles. The molecule has 0 aliphatic carbocycles. The largest absolute Gasteiger partial charge is 0.460 e. The van der Waals surface area contributed by atoms with E-state index in [9.17, 15) is 4.79 Å². The molecular weight excluding hydrogens is 214 g/mol. The lowest BCUT2D eigenvalue weighted by Crippen LogP contribution is -2.17. The maximum absolute atomic E-state index is 11.1. The lowest BCUT2D eigenvalue weighted by Gasteiger charge is -2.09. The Morgan fingerprint density at radius 2 is 2.06 bits per heavy atom. The zero-order valence-corrected chi connectivity index (χ0v) is 9.99. The number of carbonyl (C=O) groups excluding carboxylic acids is 1. The summed E-state index contributed by atoms with van der Waals surface area (Å²) in [5.74, 6) is 0.0762. The van der Waals surface area contributed by atoms with Crippen LogP contribution in [0, 0.1) is 6.92 Å². The van der Waals surface area contributed by atoms with Gasteiger partial charge in [-0.05, 0) is 18.6 Å². The first-order valence-corrected chi connectivity index (χ1v) is 5.49. The Kier molecular flexibility index (Phi) is 2.76. The van der Waals surface area contributed by atoms with Crippen molar-refractivity contribution in [3.8, 4) is 0 Å². The highest BCUT2D eigenvalue weighted by Crippen LogP contribution is 2.33. The summed E-state index contributed by atoms with van der Waals surface area (Å²) in [6, 6.07) is 7.79. The van der Waals surface area contributed by atoms with Gasteiger partial charge in [-0.15, -0.1) is 0 Å². The molecule has 1 atom stereocenters. The number of para-hydroxylation sites is 1. The van der Waals surface area contributed by atoms with Gasteiger partial charge in [-0.3, -0.25) is 4.79 Å². The molecule has 0 aliphatic rings. The Morgan fingerprint density at radius 1 is 1.41 bits per heavy atom. The van der Waals surface area contributed by atoms with Crippen LogP contribution in [0.2, 0.25) is 0 Å². The minimum absolute atomic E-state index is 0.195. The van der Waals surface area contributed by atoms with E-state index in [1.165, 1.54) is 0 Å². The number of aryl methyl sites for hydroxylation is 1. The lowest BCUT2D eigenvalue weighted by atomic mass is 9.96. The molecule has 17 heavy (non-hydrogen) atoms. The second kappa shape index (κ2) is 4.09. The van der Waals surface area contributed by atoms with E-state index in [2.05, 4.69) is 6.58 Å². The van der Waals surface area contributed by atoms with Crippen LogP contribution in [0.25, 0.3) is 11.0 Å². The number of primary amides is 1. The number of fused-ring (bicyclic) bond motifs is 1. The molecular formula is C14H15NO2. The molecule has 2 N–H and O–H groups in total. The van der Waals surface area contributed by atoms with Crippen molar-refractivity contribution in [1.29, 1.82) is 0 Å². The summed E-state index contributed by atoms with van der Waals surface area (Å²) >= 11 is 0. The summed E-state index contributed by atoms with van der Waals surface area (Å²) in [5, 5.41) is 1.06. The topological polar surface area (TPSA) is 56.2 Å². The normalized spacial score (nSPS) is 12.6. The number of benzene rings is 1. The highest BCUT2D eigenvalue weighted by atomic mass is 16.3. The van der Waals surface area contributed by atoms with Gasteiger partial charge in [0.15, 0.2) is 0 Å². The number of rotatable bonds is 3. The third-order valence-corrected chi connectivity index (χ3v) is 3.11. The van der Waals surface area contributed by atoms with Crippen molar-refractivity contribution >= 4 is 16.9 Å². The first kappa shape index (κ1) is 11.5. The molecule has 2 rings (SSSR count). The van der Waals surface area contributed by atoms with Crippen LogP contribution in [-0.4, -0.2) is 5.91 Å². The second-order valence-electron chi connectivity index (χ2n) is 4.20. The third-order valence-electron chi connectivity index (χ3n) is 3.11. The summed E-state index contributed by atoms with van der Waals surface area (Å²) in [4.78, 5) is 11.1. The predicted octanol–water partition coefficient (Wildman–Crippen LogP) is 2.89. The van der Waals surface area contributed by atoms with Gasteiger partial charge >= 0.3 is 0 Å². The Labute approximate surface area is 99.9 Å². The fourth-order valence-corrected chi connectivity index (χ4v) is 1.98. The van der Waals surface area contributed by atoms with E-state index in [1.54, 1.807) is 0 Å². The predicted molar refractivity (Wildman–Crippen MR) is 67.7 cm³/mol. The van der Waals surface area contributed by atoms with Gasteiger partial charge < -0.3 is 10.2 Å². The van der Waals surface area contributed by atoms with Crippen LogP contribution in [0.5, 0.6) is 0 Å². The first-order valence-electron chi connectivity index (χ1n) is 5.49. The van der Waals surface area contributed by atoms with Crippen molar-refractivity contribution in [2.45, 2.75) is 19.8 Å². The monoisotopic (exact) mass is 229 g/mol. The van der Waals surface area contributed by atoms with Crippen LogP contribution in [0.15, 0.2) is 40.8 Å². The van der Waals surface area contributed by atoms with Gasteiger partial charge in [-0.2, -0.15) is 0 Å². The van der Waals surface area contributed by atoms with Gasteiger partial charge in [0.05, 0.1) is 0 Å². The second-order valence-corrected chi connectivity index (χ2v) is 4.20. The van der Waals surface area contributed by atoms with E-state index >= 15 is 0 Å². The molecule has 1 unspecified atom stereocenters. The molecule has 2 aromatic rings. The van der Waals surface area contributed by atoms with Crippen LogP contribution in [0.1, 0.15) is 24.2 Å². The average Bonchev–Trinajstić information content (AvgIpc) is 2.65. The van der Waals surface area contributed by atoms with Gasteiger partial charge in [0, 0.05) is 16.9 Å². The smallest absolute Gasteiger partial charge is 0.244 e. The maximum Gasteiger partial charge on any atom is 0.244 e. The average molecular weight is 229 g/mol. The zero-order chi connectivity index (χ0) is 12.6. The molecule has 88 valence electrons. The molecule has 0 spiro atoms. The molecule has 0 saturated heterocycles. The van der Waals surface area contributed by atoms with Crippen LogP contribution in [0.4, 0.5) is 0 Å². The third kappa shape index (κ3) is 1.84. The van der Waals surface area contributed by atoms with E-state index in [1.807, 2.05) is 38.1 Å². The van der Waals surface area contributed by atoms with Crippen LogP contribution < -0.4 is 5.73 Å². The highest BCUT2D eigenvalue weighted by molar-refractivity contribution is 5.93. The zero-order valence-electron chi connectivity index (χ0n) is 9.99. The van der Waals surface area contributed by atoms with Crippen molar-refractivity contribution < 1.29 is 9.21 Å². The number of furan rings is 1. The summed E-state index contributed by atoms with van der Waals surface area (Å²) in [7, 11) is 0. The number of hydrogen-bond donors (Lipinski definition) is 1. The summed E-state index contributed by atoms with van der Waals surface area (Å²) in [6.45, 7) is 7.56. The van der Waals surface area contributed by atoms with E-state index < -0.39 is 5.91 Å². The first-order chi connectivity index (χ1) is 8.02. The van der Waals surface area contributed by atoms with Gasteiger partial charge in [0.1, 0.15) is 11.3 Å². The highest BCUT2D eigenvalue weighted by Gasteiger charge is 2.21. The SMILES string of the molecule is C=C(C(N)=O)C(C)c1oc2ccccc2c1C. The van der Waals surface area contributed by atoms with Crippen molar-refractivity contribution in [3.05, 3.63) is 47.7 Å². The van der Waals surface area contributed by atoms with Crippen molar-refractivity contribution in [1.82, 2.24) is 0 Å². The minimum atomic E-state index is -0.489. The van der Waals surface area contributed by atoms with E-state index in [0.717, 1.165) is 22.3 Å².